The third-order valence-corrected chi connectivity index (χ3v) is 4.30. The number of anilines is 1. The van der Waals surface area contributed by atoms with E-state index in [-0.39, 0.29) is 23.6 Å². The van der Waals surface area contributed by atoms with Gasteiger partial charge in [-0.2, -0.15) is 8.78 Å². The molecule has 0 radical (unpaired) electrons. The molecule has 1 amide bonds. The molecule has 3 aromatic rings. The number of aromatic nitrogens is 4. The zero-order chi connectivity index (χ0) is 21.8. The van der Waals surface area contributed by atoms with Crippen LogP contribution in [0.15, 0.2) is 49.1 Å². The van der Waals surface area contributed by atoms with Crippen LogP contribution in [0.4, 0.5) is 19.4 Å². The summed E-state index contributed by atoms with van der Waals surface area (Å²) < 4.78 is 34.5. The number of likely N-dealkylation sites (tertiary alicyclic amines) is 1. The van der Waals surface area contributed by atoms with Crippen LogP contribution < -0.4 is 14.8 Å². The van der Waals surface area contributed by atoms with Gasteiger partial charge < -0.3 is 24.8 Å². The van der Waals surface area contributed by atoms with Gasteiger partial charge in [0.2, 0.25) is 0 Å². The number of alkyl halides is 2. The maximum atomic E-state index is 12.3. The third-order valence-electron chi connectivity index (χ3n) is 4.30. The standard InChI is InChI=1S/C19H16F2N6O4/c20-17(21)30-13-2-1-3-14(4-13)31-18-23-5-11(6-24-18)15-7-22-8-16(26-15)25-12-9-27(10-12)19(28)29/h1-8,12,17H,9-10H2,(H,25,26)(H,28,29). The molecule has 31 heavy (non-hydrogen) atoms. The van der Waals surface area contributed by atoms with Crippen molar-refractivity contribution in [3.63, 3.8) is 0 Å². The quantitative estimate of drug-likeness (QED) is 0.582. The predicted octanol–water partition coefficient (Wildman–Crippen LogP) is 3.10. The largest absolute Gasteiger partial charge is 0.465 e. The summed E-state index contributed by atoms with van der Waals surface area (Å²) in [5.41, 5.74) is 1.09. The second kappa shape index (κ2) is 8.73. The van der Waals surface area contributed by atoms with Crippen LogP contribution in [0.25, 0.3) is 11.3 Å². The number of nitrogens with zero attached hydrogens (tertiary/aromatic N) is 5. The van der Waals surface area contributed by atoms with Crippen LogP contribution in [0.3, 0.4) is 0 Å². The maximum absolute atomic E-state index is 12.3. The Morgan fingerprint density at radius 2 is 1.90 bits per heavy atom. The second-order valence-electron chi connectivity index (χ2n) is 6.53. The highest BCUT2D eigenvalue weighted by Gasteiger charge is 2.30. The minimum atomic E-state index is -2.93. The molecule has 1 fully saturated rings. The molecule has 4 rings (SSSR count). The van der Waals surface area contributed by atoms with Crippen molar-refractivity contribution >= 4 is 11.9 Å². The summed E-state index contributed by atoms with van der Waals surface area (Å²) >= 11 is 0. The molecule has 160 valence electrons. The van der Waals surface area contributed by atoms with E-state index in [1.807, 2.05) is 0 Å². The first-order valence-corrected chi connectivity index (χ1v) is 9.08. The van der Waals surface area contributed by atoms with Gasteiger partial charge >= 0.3 is 18.7 Å². The van der Waals surface area contributed by atoms with Gasteiger partial charge in [0.15, 0.2) is 0 Å². The van der Waals surface area contributed by atoms with Crippen LogP contribution in [0, 0.1) is 0 Å². The Labute approximate surface area is 174 Å². The molecule has 0 saturated carbocycles. The second-order valence-corrected chi connectivity index (χ2v) is 6.53. The summed E-state index contributed by atoms with van der Waals surface area (Å²) in [6, 6.07) is 5.73. The van der Waals surface area contributed by atoms with Crippen LogP contribution in [-0.2, 0) is 0 Å². The lowest BCUT2D eigenvalue weighted by molar-refractivity contribution is -0.0499. The molecule has 2 aromatic heterocycles. The number of carbonyl (C=O) groups is 1. The van der Waals surface area contributed by atoms with Crippen molar-refractivity contribution in [2.24, 2.45) is 0 Å². The Hall–Kier alpha value is -4.09. The molecule has 0 spiro atoms. The molecule has 0 atom stereocenters. The van der Waals surface area contributed by atoms with Gasteiger partial charge in [0.1, 0.15) is 17.3 Å². The van der Waals surface area contributed by atoms with Gasteiger partial charge in [-0.25, -0.2) is 19.7 Å². The SMILES string of the molecule is O=C(O)N1CC(Nc2cncc(-c3cnc(Oc4cccc(OC(F)F)c4)nc3)n2)C1. The van der Waals surface area contributed by atoms with Crippen molar-refractivity contribution in [3.8, 4) is 28.8 Å². The topological polar surface area (TPSA) is 123 Å². The average Bonchev–Trinajstić information content (AvgIpc) is 2.71. The van der Waals surface area contributed by atoms with E-state index >= 15 is 0 Å². The van der Waals surface area contributed by atoms with Gasteiger partial charge in [0.05, 0.1) is 24.1 Å². The van der Waals surface area contributed by atoms with Gasteiger partial charge in [-0.3, -0.25) is 4.98 Å². The van der Waals surface area contributed by atoms with Crippen LogP contribution in [0.5, 0.6) is 17.5 Å². The monoisotopic (exact) mass is 430 g/mol. The number of carboxylic acid groups (broad SMARTS) is 1. The zero-order valence-electron chi connectivity index (χ0n) is 15.9. The fourth-order valence-electron chi connectivity index (χ4n) is 2.83. The van der Waals surface area contributed by atoms with Crippen molar-refractivity contribution in [1.29, 1.82) is 0 Å². The normalized spacial score (nSPS) is 13.6. The van der Waals surface area contributed by atoms with Crippen LogP contribution in [-0.4, -0.2) is 61.8 Å². The summed E-state index contributed by atoms with van der Waals surface area (Å²) in [6.45, 7) is -2.18. The summed E-state index contributed by atoms with van der Waals surface area (Å²) in [5.74, 6) is 0.707. The first kappa shape index (κ1) is 20.2. The fourth-order valence-corrected chi connectivity index (χ4v) is 2.83. The Bertz CT molecular complexity index is 1060. The van der Waals surface area contributed by atoms with E-state index in [1.165, 1.54) is 35.5 Å². The smallest absolute Gasteiger partial charge is 0.407 e. The van der Waals surface area contributed by atoms with Crippen molar-refractivity contribution < 1.29 is 28.2 Å². The Balaban J connectivity index is 1.40. The van der Waals surface area contributed by atoms with Crippen molar-refractivity contribution in [1.82, 2.24) is 24.8 Å². The molecule has 1 saturated heterocycles. The molecule has 12 heteroatoms. The molecule has 3 heterocycles. The lowest BCUT2D eigenvalue weighted by Gasteiger charge is -2.37. The zero-order valence-corrected chi connectivity index (χ0v) is 15.9. The molecular weight excluding hydrogens is 414 g/mol. The number of amides is 1. The Morgan fingerprint density at radius 1 is 1.16 bits per heavy atom. The minimum Gasteiger partial charge on any atom is -0.465 e. The minimum absolute atomic E-state index is 0.0171. The van der Waals surface area contributed by atoms with E-state index in [1.54, 1.807) is 18.5 Å². The third kappa shape index (κ3) is 5.10. The first-order chi connectivity index (χ1) is 15.0. The van der Waals surface area contributed by atoms with E-state index < -0.39 is 12.7 Å². The molecule has 1 aromatic carbocycles. The number of ether oxygens (including phenoxy) is 2. The highest BCUT2D eigenvalue weighted by molar-refractivity contribution is 5.66. The van der Waals surface area contributed by atoms with Crippen LogP contribution in [0.2, 0.25) is 0 Å². The van der Waals surface area contributed by atoms with Crippen molar-refractivity contribution in [2.75, 3.05) is 18.4 Å². The van der Waals surface area contributed by atoms with Gasteiger partial charge in [-0.1, -0.05) is 6.07 Å². The number of nitrogens with one attached hydrogen (secondary N) is 1. The Morgan fingerprint density at radius 3 is 2.61 bits per heavy atom. The van der Waals surface area contributed by atoms with E-state index in [9.17, 15) is 13.6 Å². The summed E-state index contributed by atoms with van der Waals surface area (Å²) in [4.78, 5) is 28.9. The van der Waals surface area contributed by atoms with E-state index in [2.05, 4.69) is 30.0 Å². The van der Waals surface area contributed by atoms with E-state index in [0.29, 0.717) is 30.2 Å². The fraction of sp³-hybridized carbons (Fsp3) is 0.211. The van der Waals surface area contributed by atoms with Crippen LogP contribution >= 0.6 is 0 Å². The molecule has 10 nitrogen and oxygen atoms in total. The molecular formula is C19H16F2N6O4. The molecule has 2 N–H and O–H groups in total. The highest BCUT2D eigenvalue weighted by atomic mass is 19.3. The van der Waals surface area contributed by atoms with Gasteiger partial charge in [0, 0.05) is 37.1 Å². The van der Waals surface area contributed by atoms with E-state index in [0.717, 1.165) is 0 Å². The average molecular weight is 430 g/mol. The lowest BCUT2D eigenvalue weighted by atomic mass is 10.1. The number of benzene rings is 1. The molecule has 1 aliphatic rings. The number of rotatable bonds is 7. The van der Waals surface area contributed by atoms with E-state index in [4.69, 9.17) is 9.84 Å². The summed E-state index contributed by atoms with van der Waals surface area (Å²) in [6.07, 6.45) is 5.11. The van der Waals surface area contributed by atoms with Crippen molar-refractivity contribution in [3.05, 3.63) is 49.1 Å². The Kier molecular flexibility index (Phi) is 5.69. The van der Waals surface area contributed by atoms with Gasteiger partial charge in [-0.15, -0.1) is 0 Å². The number of hydrogen-bond acceptors (Lipinski definition) is 8. The predicted molar refractivity (Wildman–Crippen MR) is 103 cm³/mol. The number of halogens is 2. The van der Waals surface area contributed by atoms with Gasteiger partial charge in [0.25, 0.3) is 0 Å². The lowest BCUT2D eigenvalue weighted by Crippen LogP contribution is -2.56. The molecule has 1 aliphatic heterocycles. The number of hydrogen-bond donors (Lipinski definition) is 2. The van der Waals surface area contributed by atoms with Gasteiger partial charge in [-0.05, 0) is 12.1 Å². The van der Waals surface area contributed by atoms with Crippen LogP contribution in [0.1, 0.15) is 0 Å². The first-order valence-electron chi connectivity index (χ1n) is 9.08. The van der Waals surface area contributed by atoms with Crippen molar-refractivity contribution in [2.45, 2.75) is 12.7 Å². The molecule has 0 bridgehead atoms. The maximum Gasteiger partial charge on any atom is 0.407 e. The summed E-state index contributed by atoms with van der Waals surface area (Å²) in [7, 11) is 0. The summed E-state index contributed by atoms with van der Waals surface area (Å²) in [5, 5.41) is 12.0. The highest BCUT2D eigenvalue weighted by Crippen LogP contribution is 2.25. The molecule has 0 aliphatic carbocycles. The molecule has 0 unspecified atom stereocenters.